The highest BCUT2D eigenvalue weighted by Crippen LogP contribution is 2.22. The number of ether oxygens (including phenoxy) is 2. The van der Waals surface area contributed by atoms with Gasteiger partial charge in [0.1, 0.15) is 12.4 Å². The Morgan fingerprint density at radius 2 is 1.80 bits per heavy atom. The molecule has 0 unspecified atom stereocenters. The van der Waals surface area contributed by atoms with Gasteiger partial charge in [-0.05, 0) is 25.0 Å². The van der Waals surface area contributed by atoms with Gasteiger partial charge in [-0.1, -0.05) is 38.5 Å². The number of benzene rings is 1. The second-order valence-corrected chi connectivity index (χ2v) is 5.53. The summed E-state index contributed by atoms with van der Waals surface area (Å²) in [4.78, 5) is 0. The molecule has 0 saturated heterocycles. The number of para-hydroxylation sites is 1. The second-order valence-electron chi connectivity index (χ2n) is 5.53. The summed E-state index contributed by atoms with van der Waals surface area (Å²) in [7, 11) is 0. The fourth-order valence-corrected chi connectivity index (χ4v) is 1.74. The fraction of sp³-hybridized carbons (Fsp3) is 0.562. The molecule has 0 bridgehead atoms. The Labute approximate surface area is 121 Å². The Hall–Kier alpha value is -1.55. The number of hydrogen-bond donors (Lipinski definition) is 2. The Balaban J connectivity index is 1.97. The number of amidine groups is 1. The second kappa shape index (κ2) is 8.59. The van der Waals surface area contributed by atoms with Crippen LogP contribution in [0.3, 0.4) is 0 Å². The van der Waals surface area contributed by atoms with Crippen LogP contribution in [-0.4, -0.2) is 25.7 Å². The molecule has 112 valence electrons. The lowest BCUT2D eigenvalue weighted by Crippen LogP contribution is -2.30. The van der Waals surface area contributed by atoms with Crippen LogP contribution in [0.5, 0.6) is 5.75 Å². The lowest BCUT2D eigenvalue weighted by Gasteiger charge is -2.22. The first-order valence-electron chi connectivity index (χ1n) is 7.12. The van der Waals surface area contributed by atoms with Crippen molar-refractivity contribution in [2.75, 3.05) is 19.8 Å². The van der Waals surface area contributed by atoms with Crippen LogP contribution < -0.4 is 10.5 Å². The molecule has 0 amide bonds. The zero-order chi connectivity index (χ0) is 14.8. The standard InChI is InChI=1S/C16H26N2O2/c1-16(2,15(17)18)10-6-7-11-19-12-13-20-14-8-4-3-5-9-14/h3-5,8-9H,6-7,10-13H2,1-2H3,(H3,17,18). The van der Waals surface area contributed by atoms with Crippen molar-refractivity contribution in [1.29, 1.82) is 5.41 Å². The van der Waals surface area contributed by atoms with Crippen LogP contribution in [0.1, 0.15) is 33.1 Å². The molecular weight excluding hydrogens is 252 g/mol. The van der Waals surface area contributed by atoms with Crippen LogP contribution in [0.25, 0.3) is 0 Å². The first-order valence-corrected chi connectivity index (χ1v) is 7.12. The third kappa shape index (κ3) is 6.57. The van der Waals surface area contributed by atoms with E-state index < -0.39 is 0 Å². The van der Waals surface area contributed by atoms with Crippen molar-refractivity contribution in [1.82, 2.24) is 0 Å². The van der Waals surface area contributed by atoms with Gasteiger partial charge in [0, 0.05) is 12.0 Å². The molecule has 3 N–H and O–H groups in total. The molecule has 4 heteroatoms. The minimum atomic E-state index is -0.198. The molecule has 1 rings (SSSR count). The van der Waals surface area contributed by atoms with Crippen LogP contribution in [-0.2, 0) is 4.74 Å². The highest BCUT2D eigenvalue weighted by molar-refractivity contribution is 5.82. The van der Waals surface area contributed by atoms with Crippen molar-refractivity contribution < 1.29 is 9.47 Å². The maximum Gasteiger partial charge on any atom is 0.119 e. The van der Waals surface area contributed by atoms with Crippen LogP contribution in [0.2, 0.25) is 0 Å². The first-order chi connectivity index (χ1) is 9.52. The third-order valence-corrected chi connectivity index (χ3v) is 3.31. The SMILES string of the molecule is CC(C)(CCCCOCCOc1ccccc1)C(=N)N. The van der Waals surface area contributed by atoms with E-state index in [-0.39, 0.29) is 11.3 Å². The summed E-state index contributed by atoms with van der Waals surface area (Å²) in [5.41, 5.74) is 5.34. The third-order valence-electron chi connectivity index (χ3n) is 3.31. The van der Waals surface area contributed by atoms with Gasteiger partial charge in [-0.25, -0.2) is 0 Å². The van der Waals surface area contributed by atoms with Gasteiger partial charge in [-0.3, -0.25) is 5.41 Å². The zero-order valence-corrected chi connectivity index (χ0v) is 12.5. The highest BCUT2D eigenvalue weighted by atomic mass is 16.5. The molecular formula is C16H26N2O2. The molecule has 0 aliphatic carbocycles. The number of nitrogens with one attached hydrogen (secondary N) is 1. The van der Waals surface area contributed by atoms with E-state index in [9.17, 15) is 0 Å². The van der Waals surface area contributed by atoms with E-state index in [2.05, 4.69) is 0 Å². The van der Waals surface area contributed by atoms with Crippen LogP contribution in [0, 0.1) is 10.8 Å². The molecule has 1 aromatic rings. The van der Waals surface area contributed by atoms with Gasteiger partial charge in [0.15, 0.2) is 0 Å². The van der Waals surface area contributed by atoms with Gasteiger partial charge in [0.05, 0.1) is 12.4 Å². The molecule has 0 saturated carbocycles. The van der Waals surface area contributed by atoms with Crippen molar-refractivity contribution >= 4 is 5.84 Å². The number of nitrogens with two attached hydrogens (primary N) is 1. The molecule has 0 aliphatic heterocycles. The van der Waals surface area contributed by atoms with Crippen LogP contribution in [0.15, 0.2) is 30.3 Å². The predicted octanol–water partition coefficient (Wildman–Crippen LogP) is 3.21. The summed E-state index contributed by atoms with van der Waals surface area (Å²) in [6.45, 7) is 5.91. The van der Waals surface area contributed by atoms with E-state index >= 15 is 0 Å². The maximum atomic E-state index is 7.48. The van der Waals surface area contributed by atoms with E-state index in [1.807, 2.05) is 44.2 Å². The fourth-order valence-electron chi connectivity index (χ4n) is 1.74. The lowest BCUT2D eigenvalue weighted by molar-refractivity contribution is 0.0962. The van der Waals surface area contributed by atoms with Gasteiger partial charge in [-0.2, -0.15) is 0 Å². The summed E-state index contributed by atoms with van der Waals surface area (Å²) in [5, 5.41) is 7.48. The Morgan fingerprint density at radius 1 is 1.10 bits per heavy atom. The molecule has 1 aromatic carbocycles. The van der Waals surface area contributed by atoms with Gasteiger partial charge in [0.25, 0.3) is 0 Å². The number of rotatable bonds is 10. The molecule has 0 radical (unpaired) electrons. The average Bonchev–Trinajstić information content (AvgIpc) is 2.42. The van der Waals surface area contributed by atoms with E-state index in [0.717, 1.165) is 31.6 Å². The van der Waals surface area contributed by atoms with Crippen molar-refractivity contribution in [3.63, 3.8) is 0 Å². The molecule has 0 aliphatic rings. The topological polar surface area (TPSA) is 68.3 Å². The molecule has 0 atom stereocenters. The smallest absolute Gasteiger partial charge is 0.119 e. The normalized spacial score (nSPS) is 11.3. The lowest BCUT2D eigenvalue weighted by atomic mass is 9.86. The largest absolute Gasteiger partial charge is 0.491 e. The molecule has 0 aromatic heterocycles. The summed E-state index contributed by atoms with van der Waals surface area (Å²) in [5.74, 6) is 1.13. The molecule has 0 fully saturated rings. The van der Waals surface area contributed by atoms with Crippen molar-refractivity contribution in [2.45, 2.75) is 33.1 Å². The number of hydrogen-bond acceptors (Lipinski definition) is 3. The summed E-state index contributed by atoms with van der Waals surface area (Å²) >= 11 is 0. The van der Waals surface area contributed by atoms with E-state index in [1.54, 1.807) is 0 Å². The van der Waals surface area contributed by atoms with Gasteiger partial charge in [-0.15, -0.1) is 0 Å². The summed E-state index contributed by atoms with van der Waals surface area (Å²) in [6, 6.07) is 9.74. The van der Waals surface area contributed by atoms with E-state index in [0.29, 0.717) is 13.2 Å². The monoisotopic (exact) mass is 278 g/mol. The molecule has 20 heavy (non-hydrogen) atoms. The Morgan fingerprint density at radius 3 is 2.45 bits per heavy atom. The van der Waals surface area contributed by atoms with Crippen molar-refractivity contribution in [3.05, 3.63) is 30.3 Å². The molecule has 4 nitrogen and oxygen atoms in total. The Bertz CT molecular complexity index is 391. The van der Waals surface area contributed by atoms with Gasteiger partial charge < -0.3 is 15.2 Å². The first kappa shape index (κ1) is 16.5. The maximum absolute atomic E-state index is 7.48. The highest BCUT2D eigenvalue weighted by Gasteiger charge is 2.20. The average molecular weight is 278 g/mol. The zero-order valence-electron chi connectivity index (χ0n) is 12.5. The van der Waals surface area contributed by atoms with Crippen molar-refractivity contribution in [2.24, 2.45) is 11.1 Å². The quantitative estimate of drug-likeness (QED) is 0.392. The van der Waals surface area contributed by atoms with Crippen molar-refractivity contribution in [3.8, 4) is 5.75 Å². The van der Waals surface area contributed by atoms with Crippen LogP contribution >= 0.6 is 0 Å². The summed E-state index contributed by atoms with van der Waals surface area (Å²) < 4.78 is 11.0. The minimum absolute atomic E-state index is 0.198. The van der Waals surface area contributed by atoms with Gasteiger partial charge >= 0.3 is 0 Å². The number of unbranched alkanes of at least 4 members (excludes halogenated alkanes) is 1. The Kier molecular flexibility index (Phi) is 7.09. The van der Waals surface area contributed by atoms with E-state index in [1.165, 1.54) is 0 Å². The molecule has 0 heterocycles. The van der Waals surface area contributed by atoms with Crippen LogP contribution in [0.4, 0.5) is 0 Å². The molecule has 0 spiro atoms. The minimum Gasteiger partial charge on any atom is -0.491 e. The van der Waals surface area contributed by atoms with Gasteiger partial charge in [0.2, 0.25) is 0 Å². The van der Waals surface area contributed by atoms with E-state index in [4.69, 9.17) is 20.6 Å². The predicted molar refractivity (Wildman–Crippen MR) is 82.3 cm³/mol. The summed E-state index contributed by atoms with van der Waals surface area (Å²) in [6.07, 6.45) is 2.93.